The SMILES string of the molecule is O=C(Nc1c[nH]c2ncc(-c3cccc(OC4COC4)c3)cc12)Oc1cnn(Cc2ccccc2)c1. The third-order valence-electron chi connectivity index (χ3n) is 5.85. The van der Waals surface area contributed by atoms with Gasteiger partial charge in [0.2, 0.25) is 0 Å². The highest BCUT2D eigenvalue weighted by Gasteiger charge is 2.20. The van der Waals surface area contributed by atoms with Gasteiger partial charge in [-0.25, -0.2) is 9.78 Å². The van der Waals surface area contributed by atoms with E-state index in [0.717, 1.165) is 27.8 Å². The fraction of sp³-hybridized carbons (Fsp3) is 0.148. The number of nitrogens with one attached hydrogen (secondary N) is 2. The molecule has 0 atom stereocenters. The van der Waals surface area contributed by atoms with E-state index in [1.54, 1.807) is 23.3 Å². The summed E-state index contributed by atoms with van der Waals surface area (Å²) in [6, 6.07) is 19.7. The molecule has 6 rings (SSSR count). The highest BCUT2D eigenvalue weighted by atomic mass is 16.6. The third-order valence-corrected chi connectivity index (χ3v) is 5.85. The van der Waals surface area contributed by atoms with Gasteiger partial charge in [-0.3, -0.25) is 10.00 Å². The number of ether oxygens (including phenoxy) is 3. The first-order valence-corrected chi connectivity index (χ1v) is 11.6. The van der Waals surface area contributed by atoms with Gasteiger partial charge in [-0.15, -0.1) is 0 Å². The Labute approximate surface area is 206 Å². The average Bonchev–Trinajstić information content (AvgIpc) is 3.48. The Morgan fingerprint density at radius 3 is 2.78 bits per heavy atom. The number of pyridine rings is 1. The van der Waals surface area contributed by atoms with E-state index in [1.807, 2.05) is 60.7 Å². The van der Waals surface area contributed by atoms with E-state index in [-0.39, 0.29) is 6.10 Å². The molecule has 3 aromatic heterocycles. The minimum absolute atomic E-state index is 0.0952. The Hall–Kier alpha value is -4.63. The van der Waals surface area contributed by atoms with E-state index >= 15 is 0 Å². The van der Waals surface area contributed by atoms with Gasteiger partial charge < -0.3 is 19.2 Å². The molecular weight excluding hydrogens is 458 g/mol. The van der Waals surface area contributed by atoms with Crippen molar-refractivity contribution in [3.05, 3.63) is 91.0 Å². The molecule has 1 aliphatic rings. The molecule has 1 fully saturated rings. The van der Waals surface area contributed by atoms with Crippen LogP contribution in [0.3, 0.4) is 0 Å². The number of H-pyrrole nitrogens is 1. The van der Waals surface area contributed by atoms with Crippen molar-refractivity contribution in [2.45, 2.75) is 12.6 Å². The standard InChI is InChI=1S/C27H23N5O4/c33-27(36-22-12-30-32(15-22)14-18-5-2-1-3-6-18)31-25-13-29-26-24(25)10-20(11-28-26)19-7-4-8-21(9-19)35-23-16-34-17-23/h1-13,15,23H,14,16-17H2,(H,28,29)(H,31,33). The van der Waals surface area contributed by atoms with Gasteiger partial charge in [0.25, 0.3) is 0 Å². The summed E-state index contributed by atoms with van der Waals surface area (Å²) in [5, 5.41) is 7.83. The van der Waals surface area contributed by atoms with Gasteiger partial charge in [0.15, 0.2) is 5.75 Å². The molecule has 9 nitrogen and oxygen atoms in total. The topological polar surface area (TPSA) is 103 Å². The van der Waals surface area contributed by atoms with Crippen LogP contribution in [-0.4, -0.2) is 45.2 Å². The number of hydrogen-bond acceptors (Lipinski definition) is 6. The molecule has 0 unspecified atom stereocenters. The molecule has 0 spiro atoms. The fourth-order valence-corrected chi connectivity index (χ4v) is 3.98. The molecule has 9 heteroatoms. The van der Waals surface area contributed by atoms with Crippen LogP contribution in [0.5, 0.6) is 11.5 Å². The number of benzene rings is 2. The summed E-state index contributed by atoms with van der Waals surface area (Å²) in [4.78, 5) is 20.2. The lowest BCUT2D eigenvalue weighted by Gasteiger charge is -2.26. The number of aromatic amines is 1. The number of anilines is 1. The number of amides is 1. The minimum atomic E-state index is -0.612. The molecule has 2 N–H and O–H groups in total. The lowest BCUT2D eigenvalue weighted by Crippen LogP contribution is -2.38. The number of fused-ring (bicyclic) bond motifs is 1. The van der Waals surface area contributed by atoms with Crippen LogP contribution >= 0.6 is 0 Å². The normalized spacial score (nSPS) is 13.3. The van der Waals surface area contributed by atoms with Crippen LogP contribution in [0.1, 0.15) is 5.56 Å². The van der Waals surface area contributed by atoms with E-state index in [2.05, 4.69) is 20.4 Å². The second-order valence-electron chi connectivity index (χ2n) is 8.50. The molecule has 1 amide bonds. The summed E-state index contributed by atoms with van der Waals surface area (Å²) in [7, 11) is 0. The Morgan fingerprint density at radius 2 is 1.94 bits per heavy atom. The molecule has 0 bridgehead atoms. The minimum Gasteiger partial charge on any atom is -0.486 e. The van der Waals surface area contributed by atoms with E-state index in [1.165, 1.54) is 6.20 Å². The van der Waals surface area contributed by atoms with Crippen molar-refractivity contribution in [3.8, 4) is 22.6 Å². The third kappa shape index (κ3) is 4.77. The number of nitrogens with zero attached hydrogens (tertiary/aromatic N) is 3. The van der Waals surface area contributed by atoms with Gasteiger partial charge >= 0.3 is 6.09 Å². The molecule has 2 aromatic carbocycles. The van der Waals surface area contributed by atoms with Gasteiger partial charge in [0, 0.05) is 23.3 Å². The number of carbonyl (C=O) groups excluding carboxylic acids is 1. The zero-order valence-corrected chi connectivity index (χ0v) is 19.3. The zero-order valence-electron chi connectivity index (χ0n) is 19.3. The fourth-order valence-electron chi connectivity index (χ4n) is 3.98. The lowest BCUT2D eigenvalue weighted by atomic mass is 10.1. The highest BCUT2D eigenvalue weighted by Crippen LogP contribution is 2.30. The molecule has 0 radical (unpaired) electrons. The maximum absolute atomic E-state index is 12.6. The lowest BCUT2D eigenvalue weighted by molar-refractivity contribution is -0.0796. The molecule has 1 aliphatic heterocycles. The predicted octanol–water partition coefficient (Wildman–Crippen LogP) is 4.86. The van der Waals surface area contributed by atoms with E-state index in [0.29, 0.717) is 36.8 Å². The maximum Gasteiger partial charge on any atom is 0.417 e. The summed E-state index contributed by atoms with van der Waals surface area (Å²) >= 11 is 0. The Bertz CT molecular complexity index is 1510. The number of hydrogen-bond donors (Lipinski definition) is 2. The molecular formula is C27H23N5O4. The number of carbonyl (C=O) groups is 1. The van der Waals surface area contributed by atoms with Crippen molar-refractivity contribution in [1.82, 2.24) is 19.7 Å². The van der Waals surface area contributed by atoms with Gasteiger partial charge in [0.05, 0.1) is 37.8 Å². The largest absolute Gasteiger partial charge is 0.486 e. The quantitative estimate of drug-likeness (QED) is 0.344. The van der Waals surface area contributed by atoms with Gasteiger partial charge in [-0.1, -0.05) is 42.5 Å². The summed E-state index contributed by atoms with van der Waals surface area (Å²) < 4.78 is 18.3. The Balaban J connectivity index is 1.15. The first-order chi connectivity index (χ1) is 17.7. The molecule has 5 aromatic rings. The van der Waals surface area contributed by atoms with Crippen molar-refractivity contribution < 1.29 is 19.0 Å². The number of rotatable bonds is 7. The van der Waals surface area contributed by atoms with Crippen molar-refractivity contribution in [2.24, 2.45) is 0 Å². The van der Waals surface area contributed by atoms with Crippen LogP contribution in [-0.2, 0) is 11.3 Å². The van der Waals surface area contributed by atoms with Gasteiger partial charge in [-0.2, -0.15) is 5.10 Å². The van der Waals surface area contributed by atoms with Crippen LogP contribution in [0.4, 0.5) is 10.5 Å². The molecule has 180 valence electrons. The van der Waals surface area contributed by atoms with E-state index < -0.39 is 6.09 Å². The van der Waals surface area contributed by atoms with Crippen molar-refractivity contribution in [2.75, 3.05) is 18.5 Å². The van der Waals surface area contributed by atoms with Crippen molar-refractivity contribution in [3.63, 3.8) is 0 Å². The van der Waals surface area contributed by atoms with Crippen LogP contribution < -0.4 is 14.8 Å². The predicted molar refractivity (Wildman–Crippen MR) is 134 cm³/mol. The highest BCUT2D eigenvalue weighted by molar-refractivity contribution is 6.00. The summed E-state index contributed by atoms with van der Waals surface area (Å²) in [5.74, 6) is 1.14. The van der Waals surface area contributed by atoms with Crippen molar-refractivity contribution in [1.29, 1.82) is 0 Å². The van der Waals surface area contributed by atoms with Gasteiger partial charge in [-0.05, 0) is 29.3 Å². The van der Waals surface area contributed by atoms with Crippen molar-refractivity contribution >= 4 is 22.8 Å². The first-order valence-electron chi connectivity index (χ1n) is 11.6. The summed E-state index contributed by atoms with van der Waals surface area (Å²) in [6.45, 7) is 1.81. The van der Waals surface area contributed by atoms with E-state index in [4.69, 9.17) is 14.2 Å². The molecule has 36 heavy (non-hydrogen) atoms. The van der Waals surface area contributed by atoms with Crippen LogP contribution in [0, 0.1) is 0 Å². The second kappa shape index (κ2) is 9.55. The van der Waals surface area contributed by atoms with Crippen LogP contribution in [0.2, 0.25) is 0 Å². The van der Waals surface area contributed by atoms with E-state index in [9.17, 15) is 4.79 Å². The van der Waals surface area contributed by atoms with Crippen LogP contribution in [0.25, 0.3) is 22.2 Å². The summed E-state index contributed by atoms with van der Waals surface area (Å²) in [6.07, 6.45) is 6.16. The zero-order chi connectivity index (χ0) is 24.3. The Morgan fingerprint density at radius 1 is 1.06 bits per heavy atom. The second-order valence-corrected chi connectivity index (χ2v) is 8.50. The molecule has 0 saturated carbocycles. The van der Waals surface area contributed by atoms with Crippen LogP contribution in [0.15, 0.2) is 85.5 Å². The smallest absolute Gasteiger partial charge is 0.417 e. The monoisotopic (exact) mass is 481 g/mol. The first kappa shape index (κ1) is 21.9. The molecule has 4 heterocycles. The Kier molecular flexibility index (Phi) is 5.80. The maximum atomic E-state index is 12.6. The molecule has 1 saturated heterocycles. The molecule has 0 aliphatic carbocycles. The average molecular weight is 482 g/mol. The number of aromatic nitrogens is 4. The summed E-state index contributed by atoms with van der Waals surface area (Å²) in [5.41, 5.74) is 4.19. The van der Waals surface area contributed by atoms with Gasteiger partial charge in [0.1, 0.15) is 17.5 Å².